The minimum Gasteiger partial charge on any atom is -0.489 e. The van der Waals surface area contributed by atoms with Gasteiger partial charge in [-0.25, -0.2) is 0 Å². The van der Waals surface area contributed by atoms with Gasteiger partial charge in [0.2, 0.25) is 5.91 Å². The van der Waals surface area contributed by atoms with E-state index in [9.17, 15) is 4.79 Å². The fourth-order valence-electron chi connectivity index (χ4n) is 2.08. The van der Waals surface area contributed by atoms with Crippen LogP contribution in [0, 0.1) is 0 Å². The third kappa shape index (κ3) is 6.53. The summed E-state index contributed by atoms with van der Waals surface area (Å²) in [6, 6.07) is 17.9. The first-order valence-electron chi connectivity index (χ1n) is 7.91. The molecule has 0 radical (unpaired) electrons. The Morgan fingerprint density at radius 3 is 2.39 bits per heavy atom. The van der Waals surface area contributed by atoms with Crippen molar-refractivity contribution in [2.75, 3.05) is 0 Å². The highest BCUT2D eigenvalue weighted by molar-refractivity contribution is 5.75. The van der Waals surface area contributed by atoms with E-state index in [4.69, 9.17) is 10.5 Å². The molecule has 0 fully saturated rings. The number of carbonyl (C=O) groups is 1. The summed E-state index contributed by atoms with van der Waals surface area (Å²) in [4.78, 5) is 11.7. The first-order valence-corrected chi connectivity index (χ1v) is 7.91. The van der Waals surface area contributed by atoms with E-state index in [0.717, 1.165) is 16.9 Å². The Labute approximate surface area is 137 Å². The zero-order chi connectivity index (χ0) is 16.5. The van der Waals surface area contributed by atoms with Crippen LogP contribution in [0.4, 0.5) is 0 Å². The van der Waals surface area contributed by atoms with Crippen molar-refractivity contribution < 1.29 is 9.53 Å². The van der Waals surface area contributed by atoms with Gasteiger partial charge >= 0.3 is 0 Å². The quantitative estimate of drug-likeness (QED) is 0.787. The summed E-state index contributed by atoms with van der Waals surface area (Å²) in [5.41, 5.74) is 7.81. The topological polar surface area (TPSA) is 64.4 Å². The van der Waals surface area contributed by atoms with E-state index in [1.807, 2.05) is 61.5 Å². The number of amides is 1. The van der Waals surface area contributed by atoms with Crippen LogP contribution in [-0.2, 0) is 17.9 Å². The number of ether oxygens (including phenoxy) is 1. The molecule has 3 N–H and O–H groups in total. The van der Waals surface area contributed by atoms with Crippen molar-refractivity contribution in [3.8, 4) is 5.75 Å². The number of benzene rings is 2. The molecule has 1 unspecified atom stereocenters. The van der Waals surface area contributed by atoms with Crippen molar-refractivity contribution >= 4 is 5.91 Å². The van der Waals surface area contributed by atoms with Gasteiger partial charge in [0.25, 0.3) is 0 Å². The highest BCUT2D eigenvalue weighted by Crippen LogP contribution is 2.12. The molecule has 1 atom stereocenters. The van der Waals surface area contributed by atoms with Gasteiger partial charge in [0.1, 0.15) is 12.4 Å². The number of para-hydroxylation sites is 1. The molecule has 0 saturated carbocycles. The lowest BCUT2D eigenvalue weighted by atomic mass is 10.1. The predicted octanol–water partition coefficient (Wildman–Crippen LogP) is 3.01. The first-order chi connectivity index (χ1) is 11.1. The molecule has 2 aromatic carbocycles. The van der Waals surface area contributed by atoms with Crippen LogP contribution < -0.4 is 15.8 Å². The number of rotatable bonds is 8. The van der Waals surface area contributed by atoms with Crippen molar-refractivity contribution in [3.05, 3.63) is 65.7 Å². The van der Waals surface area contributed by atoms with Gasteiger partial charge < -0.3 is 15.8 Å². The molecule has 0 spiro atoms. The number of hydrogen-bond donors (Lipinski definition) is 2. The molecule has 0 saturated heterocycles. The zero-order valence-electron chi connectivity index (χ0n) is 13.5. The van der Waals surface area contributed by atoms with Gasteiger partial charge in [-0.15, -0.1) is 0 Å². The van der Waals surface area contributed by atoms with E-state index < -0.39 is 0 Å². The van der Waals surface area contributed by atoms with E-state index in [2.05, 4.69) is 5.32 Å². The Hall–Kier alpha value is -2.33. The largest absolute Gasteiger partial charge is 0.489 e. The minimum absolute atomic E-state index is 0.0405. The molecule has 0 heterocycles. The molecule has 23 heavy (non-hydrogen) atoms. The summed E-state index contributed by atoms with van der Waals surface area (Å²) in [6.07, 6.45) is 1.18. The van der Waals surface area contributed by atoms with Crippen LogP contribution in [0.2, 0.25) is 0 Å². The van der Waals surface area contributed by atoms with Gasteiger partial charge in [0.15, 0.2) is 0 Å². The molecule has 0 aliphatic rings. The van der Waals surface area contributed by atoms with Crippen molar-refractivity contribution in [2.24, 2.45) is 5.73 Å². The number of carbonyl (C=O) groups excluding carboxylic acids is 1. The maximum Gasteiger partial charge on any atom is 0.220 e. The maximum absolute atomic E-state index is 11.7. The van der Waals surface area contributed by atoms with Crippen molar-refractivity contribution in [2.45, 2.75) is 39.0 Å². The summed E-state index contributed by atoms with van der Waals surface area (Å²) in [5, 5.41) is 2.91. The second kappa shape index (κ2) is 8.96. The summed E-state index contributed by atoms with van der Waals surface area (Å²) in [7, 11) is 0. The fraction of sp³-hybridized carbons (Fsp3) is 0.316. The van der Waals surface area contributed by atoms with Gasteiger partial charge in [-0.05, 0) is 36.6 Å². The van der Waals surface area contributed by atoms with E-state index in [1.54, 1.807) is 0 Å². The maximum atomic E-state index is 11.7. The molecule has 0 aliphatic carbocycles. The molecule has 2 rings (SSSR count). The van der Waals surface area contributed by atoms with Crippen LogP contribution in [0.1, 0.15) is 30.9 Å². The van der Waals surface area contributed by atoms with Crippen molar-refractivity contribution in [1.29, 1.82) is 0 Å². The smallest absolute Gasteiger partial charge is 0.220 e. The molecule has 2 aromatic rings. The van der Waals surface area contributed by atoms with Gasteiger partial charge in [-0.2, -0.15) is 0 Å². The summed E-state index contributed by atoms with van der Waals surface area (Å²) < 4.78 is 5.70. The third-order valence-corrected chi connectivity index (χ3v) is 3.49. The van der Waals surface area contributed by atoms with Gasteiger partial charge in [0.05, 0.1) is 0 Å². The lowest BCUT2D eigenvalue weighted by Gasteiger charge is -2.09. The Kier molecular flexibility index (Phi) is 6.63. The molecule has 122 valence electrons. The number of nitrogens with two attached hydrogens (primary N) is 1. The average molecular weight is 312 g/mol. The van der Waals surface area contributed by atoms with Crippen LogP contribution >= 0.6 is 0 Å². The van der Waals surface area contributed by atoms with Crippen LogP contribution in [0.15, 0.2) is 54.6 Å². The summed E-state index contributed by atoms with van der Waals surface area (Å²) >= 11 is 0. The minimum atomic E-state index is 0.0405. The van der Waals surface area contributed by atoms with Gasteiger partial charge in [0, 0.05) is 19.0 Å². The Morgan fingerprint density at radius 1 is 1.09 bits per heavy atom. The van der Waals surface area contributed by atoms with Crippen molar-refractivity contribution in [1.82, 2.24) is 5.32 Å². The van der Waals surface area contributed by atoms with E-state index in [1.165, 1.54) is 0 Å². The molecule has 4 heteroatoms. The predicted molar refractivity (Wildman–Crippen MR) is 91.9 cm³/mol. The van der Waals surface area contributed by atoms with E-state index in [0.29, 0.717) is 26.0 Å². The van der Waals surface area contributed by atoms with Crippen molar-refractivity contribution in [3.63, 3.8) is 0 Å². The SMILES string of the molecule is CC(N)CCC(=O)NCc1ccc(COc2ccccc2)cc1. The van der Waals surface area contributed by atoms with E-state index in [-0.39, 0.29) is 11.9 Å². The van der Waals surface area contributed by atoms with Crippen LogP contribution in [-0.4, -0.2) is 11.9 Å². The second-order valence-corrected chi connectivity index (χ2v) is 5.71. The van der Waals surface area contributed by atoms with Crippen LogP contribution in [0.5, 0.6) is 5.75 Å². The normalized spacial score (nSPS) is 11.7. The highest BCUT2D eigenvalue weighted by Gasteiger charge is 2.03. The molecular formula is C19H24N2O2. The van der Waals surface area contributed by atoms with Gasteiger partial charge in [-0.1, -0.05) is 42.5 Å². The molecule has 0 aromatic heterocycles. The zero-order valence-corrected chi connectivity index (χ0v) is 13.5. The average Bonchev–Trinajstić information content (AvgIpc) is 2.58. The molecule has 4 nitrogen and oxygen atoms in total. The molecular weight excluding hydrogens is 288 g/mol. The summed E-state index contributed by atoms with van der Waals surface area (Å²) in [6.45, 7) is 2.98. The fourth-order valence-corrected chi connectivity index (χ4v) is 2.08. The molecule has 0 aliphatic heterocycles. The van der Waals surface area contributed by atoms with Gasteiger partial charge in [-0.3, -0.25) is 4.79 Å². The molecule has 0 bridgehead atoms. The standard InChI is InChI=1S/C19H24N2O2/c1-15(20)7-12-19(22)21-13-16-8-10-17(11-9-16)14-23-18-5-3-2-4-6-18/h2-6,8-11,15H,7,12-14,20H2,1H3,(H,21,22). The lowest BCUT2D eigenvalue weighted by molar-refractivity contribution is -0.121. The van der Waals surface area contributed by atoms with E-state index >= 15 is 0 Å². The monoisotopic (exact) mass is 312 g/mol. The Balaban J connectivity index is 1.75. The molecule has 1 amide bonds. The first kappa shape index (κ1) is 17.0. The summed E-state index contributed by atoms with van der Waals surface area (Å²) in [5.74, 6) is 0.900. The Morgan fingerprint density at radius 2 is 1.74 bits per heavy atom. The lowest BCUT2D eigenvalue weighted by Crippen LogP contribution is -2.25. The third-order valence-electron chi connectivity index (χ3n) is 3.49. The number of nitrogens with one attached hydrogen (secondary N) is 1. The highest BCUT2D eigenvalue weighted by atomic mass is 16.5. The van der Waals surface area contributed by atoms with Crippen LogP contribution in [0.3, 0.4) is 0 Å². The van der Waals surface area contributed by atoms with Crippen LogP contribution in [0.25, 0.3) is 0 Å². The number of hydrogen-bond acceptors (Lipinski definition) is 3. The second-order valence-electron chi connectivity index (χ2n) is 5.71. The Bertz CT molecular complexity index is 595.